The maximum atomic E-state index is 12.7. The lowest BCUT2D eigenvalue weighted by molar-refractivity contribution is -0.166. The Morgan fingerprint density at radius 3 is 1.04 bits per heavy atom. The molecule has 0 N–H and O–H groups in total. The second-order valence-corrected chi connectivity index (χ2v) is 16.7. The van der Waals surface area contributed by atoms with E-state index in [-0.39, 0.29) is 38.0 Å². The summed E-state index contributed by atoms with van der Waals surface area (Å²) in [4.78, 5) is 37.9. The first-order valence-electron chi connectivity index (χ1n) is 26.5. The van der Waals surface area contributed by atoms with Crippen molar-refractivity contribution in [2.45, 2.75) is 200 Å². The van der Waals surface area contributed by atoms with Crippen molar-refractivity contribution in [2.75, 3.05) is 13.2 Å². The molecule has 0 amide bonds. The molecule has 0 aromatic rings. The molecule has 68 heavy (non-hydrogen) atoms. The lowest BCUT2D eigenvalue weighted by atomic mass is 10.1. The van der Waals surface area contributed by atoms with Gasteiger partial charge in [-0.25, -0.2) is 0 Å². The Balaban J connectivity index is 4.60. The van der Waals surface area contributed by atoms with E-state index in [1.54, 1.807) is 6.08 Å². The van der Waals surface area contributed by atoms with Gasteiger partial charge >= 0.3 is 17.9 Å². The molecule has 0 bridgehead atoms. The molecule has 6 nitrogen and oxygen atoms in total. The summed E-state index contributed by atoms with van der Waals surface area (Å²) >= 11 is 0. The summed E-state index contributed by atoms with van der Waals surface area (Å²) < 4.78 is 16.6. The van der Waals surface area contributed by atoms with Gasteiger partial charge in [-0.05, 0) is 122 Å². The number of carbonyl (C=O) groups is 3. The lowest BCUT2D eigenvalue weighted by Gasteiger charge is -2.18. The monoisotopic (exact) mass is 935 g/mol. The zero-order valence-corrected chi connectivity index (χ0v) is 43.0. The summed E-state index contributed by atoms with van der Waals surface area (Å²) in [5.41, 5.74) is 0. The van der Waals surface area contributed by atoms with E-state index >= 15 is 0 Å². The van der Waals surface area contributed by atoms with Gasteiger partial charge in [-0.3, -0.25) is 14.4 Å². The first kappa shape index (κ1) is 63.0. The lowest BCUT2D eigenvalue weighted by Crippen LogP contribution is -2.30. The Bertz CT molecular complexity index is 1590. The van der Waals surface area contributed by atoms with Gasteiger partial charge in [-0.15, -0.1) is 0 Å². The van der Waals surface area contributed by atoms with Crippen LogP contribution in [-0.2, 0) is 28.6 Å². The van der Waals surface area contributed by atoms with Crippen LogP contribution in [0.3, 0.4) is 0 Å². The SMILES string of the molecule is CC/C=C\C/C=C\C/C=C\C/C=C\C/C=C\C/C=C\C/C=C\CCCC(=O)OCC(COC(=O)CCCCCCC/C=C\CCCCC)OC(=O)C/C=C\C/C=C\C/C=C\C/C=C\C/C=C\CC. The minimum atomic E-state index is -0.866. The van der Waals surface area contributed by atoms with E-state index in [0.717, 1.165) is 109 Å². The second-order valence-electron chi connectivity index (χ2n) is 16.7. The molecule has 0 aromatic carbocycles. The average molecular weight is 935 g/mol. The van der Waals surface area contributed by atoms with Crippen LogP contribution in [0, 0.1) is 0 Å². The summed E-state index contributed by atoms with van der Waals surface area (Å²) in [6.45, 7) is 6.21. The number of carbonyl (C=O) groups excluding carboxylic acids is 3. The predicted octanol–water partition coefficient (Wildman–Crippen LogP) is 17.8. The van der Waals surface area contributed by atoms with Crippen LogP contribution in [0.4, 0.5) is 0 Å². The van der Waals surface area contributed by atoms with Crippen LogP contribution >= 0.6 is 0 Å². The molecule has 0 spiro atoms. The molecule has 0 rings (SSSR count). The highest BCUT2D eigenvalue weighted by Gasteiger charge is 2.19. The zero-order chi connectivity index (χ0) is 49.3. The van der Waals surface area contributed by atoms with Crippen LogP contribution in [0.25, 0.3) is 0 Å². The standard InChI is InChI=1S/C62H94O6/c1-4-7-10-13-16-19-22-25-27-28-29-30-31-32-33-34-36-37-40-43-46-49-52-55-61(64)67-58-59(57-66-60(63)54-51-48-45-42-39-24-21-18-15-12-9-6-3)68-62(65)56-53-50-47-44-41-38-35-26-23-20-17-14-11-8-5-2/h7-8,10-11,16-21,25-27,29-30,32-33,35-37,41,43-44,46,50,53,59H,4-6,9,12-15,22-24,28,31,34,38-40,42,45,47-49,51-52,54-58H2,1-3H3/b10-7-,11-8-,19-16-,20-17-,21-18-,27-25-,30-29-,33-32-,35-26-,37-36-,44-41-,46-43-,53-50-. The first-order valence-corrected chi connectivity index (χ1v) is 26.5. The summed E-state index contributed by atoms with van der Waals surface area (Å²) in [6, 6.07) is 0. The van der Waals surface area contributed by atoms with Gasteiger partial charge in [0.25, 0.3) is 0 Å². The van der Waals surface area contributed by atoms with Crippen molar-refractivity contribution < 1.29 is 28.6 Å². The van der Waals surface area contributed by atoms with Crippen LogP contribution in [0.1, 0.15) is 194 Å². The highest BCUT2D eigenvalue weighted by Crippen LogP contribution is 2.11. The fourth-order valence-corrected chi connectivity index (χ4v) is 6.38. The van der Waals surface area contributed by atoms with Gasteiger partial charge in [0.05, 0.1) is 6.42 Å². The summed E-state index contributed by atoms with van der Waals surface area (Å²) in [6.07, 6.45) is 79.7. The number of hydrogen-bond acceptors (Lipinski definition) is 6. The molecule has 0 aliphatic rings. The maximum Gasteiger partial charge on any atom is 0.310 e. The molecule has 0 radical (unpaired) electrons. The van der Waals surface area contributed by atoms with E-state index in [1.165, 1.54) is 32.1 Å². The Kier molecular flexibility index (Phi) is 50.6. The third kappa shape index (κ3) is 52.0. The third-order valence-corrected chi connectivity index (χ3v) is 10.3. The molecule has 0 fully saturated rings. The minimum Gasteiger partial charge on any atom is -0.462 e. The Morgan fingerprint density at radius 1 is 0.324 bits per heavy atom. The normalized spacial score (nSPS) is 13.4. The van der Waals surface area contributed by atoms with Crippen molar-refractivity contribution in [3.8, 4) is 0 Å². The van der Waals surface area contributed by atoms with Crippen molar-refractivity contribution in [1.82, 2.24) is 0 Å². The fraction of sp³-hybridized carbons (Fsp3) is 0.532. The van der Waals surface area contributed by atoms with E-state index in [2.05, 4.69) is 167 Å². The van der Waals surface area contributed by atoms with Gasteiger partial charge in [0.2, 0.25) is 0 Å². The summed E-state index contributed by atoms with van der Waals surface area (Å²) in [5, 5.41) is 0. The van der Waals surface area contributed by atoms with Crippen LogP contribution in [0.15, 0.2) is 158 Å². The Hall–Kier alpha value is -4.97. The quantitative estimate of drug-likeness (QED) is 0.0262. The van der Waals surface area contributed by atoms with Gasteiger partial charge in [-0.1, -0.05) is 211 Å². The Morgan fingerprint density at radius 2 is 0.632 bits per heavy atom. The maximum absolute atomic E-state index is 12.7. The van der Waals surface area contributed by atoms with Gasteiger partial charge in [0, 0.05) is 12.8 Å². The first-order chi connectivity index (χ1) is 33.5. The highest BCUT2D eigenvalue weighted by atomic mass is 16.6. The largest absolute Gasteiger partial charge is 0.462 e. The molecule has 6 heteroatoms. The molecule has 378 valence electrons. The number of hydrogen-bond donors (Lipinski definition) is 0. The number of ether oxygens (including phenoxy) is 3. The van der Waals surface area contributed by atoms with E-state index in [9.17, 15) is 14.4 Å². The van der Waals surface area contributed by atoms with Crippen molar-refractivity contribution in [1.29, 1.82) is 0 Å². The molecular weight excluding hydrogens is 841 g/mol. The van der Waals surface area contributed by atoms with Crippen LogP contribution < -0.4 is 0 Å². The van der Waals surface area contributed by atoms with E-state index in [0.29, 0.717) is 19.3 Å². The number of rotatable bonds is 45. The molecule has 0 aliphatic heterocycles. The van der Waals surface area contributed by atoms with E-state index in [1.807, 2.05) is 6.08 Å². The molecule has 0 saturated carbocycles. The average Bonchev–Trinajstić information content (AvgIpc) is 3.34. The zero-order valence-electron chi connectivity index (χ0n) is 43.0. The molecule has 0 aliphatic carbocycles. The fourth-order valence-electron chi connectivity index (χ4n) is 6.38. The number of esters is 3. The molecular formula is C62H94O6. The van der Waals surface area contributed by atoms with Crippen molar-refractivity contribution in [3.05, 3.63) is 158 Å². The Labute approximate surface area is 416 Å². The molecule has 0 saturated heterocycles. The van der Waals surface area contributed by atoms with Gasteiger partial charge in [-0.2, -0.15) is 0 Å². The summed E-state index contributed by atoms with van der Waals surface area (Å²) in [5.74, 6) is -1.16. The molecule has 0 heterocycles. The van der Waals surface area contributed by atoms with Gasteiger partial charge < -0.3 is 14.2 Å². The minimum absolute atomic E-state index is 0.0749. The van der Waals surface area contributed by atoms with E-state index in [4.69, 9.17) is 14.2 Å². The van der Waals surface area contributed by atoms with E-state index < -0.39 is 12.1 Å². The summed E-state index contributed by atoms with van der Waals surface area (Å²) in [7, 11) is 0. The van der Waals surface area contributed by atoms with Gasteiger partial charge in [0.1, 0.15) is 13.2 Å². The second kappa shape index (κ2) is 54.6. The predicted molar refractivity (Wildman–Crippen MR) is 292 cm³/mol. The van der Waals surface area contributed by atoms with Crippen LogP contribution in [0.5, 0.6) is 0 Å². The molecule has 1 atom stereocenters. The number of allylic oxidation sites excluding steroid dienone is 25. The number of unbranched alkanes of at least 4 members (excludes halogenated alkanes) is 9. The molecule has 1 unspecified atom stereocenters. The van der Waals surface area contributed by atoms with Crippen LogP contribution in [-0.4, -0.2) is 37.2 Å². The van der Waals surface area contributed by atoms with Gasteiger partial charge in [0.15, 0.2) is 6.10 Å². The topological polar surface area (TPSA) is 78.9 Å². The highest BCUT2D eigenvalue weighted by molar-refractivity contribution is 5.72. The van der Waals surface area contributed by atoms with Crippen molar-refractivity contribution in [2.24, 2.45) is 0 Å². The third-order valence-electron chi connectivity index (χ3n) is 10.3. The van der Waals surface area contributed by atoms with Crippen molar-refractivity contribution in [3.63, 3.8) is 0 Å². The van der Waals surface area contributed by atoms with Crippen LogP contribution in [0.2, 0.25) is 0 Å². The van der Waals surface area contributed by atoms with Crippen molar-refractivity contribution >= 4 is 17.9 Å². The smallest absolute Gasteiger partial charge is 0.310 e. The molecule has 0 aromatic heterocycles.